The van der Waals surface area contributed by atoms with E-state index in [-0.39, 0.29) is 30.3 Å². The van der Waals surface area contributed by atoms with E-state index in [0.717, 1.165) is 17.7 Å². The van der Waals surface area contributed by atoms with Crippen molar-refractivity contribution in [2.24, 2.45) is 0 Å². The molecule has 2 amide bonds. The minimum atomic E-state index is -0.392. The summed E-state index contributed by atoms with van der Waals surface area (Å²) < 4.78 is 0. The lowest BCUT2D eigenvalue weighted by molar-refractivity contribution is -0.138. The molecule has 1 saturated heterocycles. The number of anilines is 1. The Kier molecular flexibility index (Phi) is 6.37. The first-order valence-corrected chi connectivity index (χ1v) is 9.60. The number of nitrogens with zero attached hydrogens (tertiary/aromatic N) is 1. The van der Waals surface area contributed by atoms with Gasteiger partial charge < -0.3 is 15.5 Å². The molecule has 2 aliphatic heterocycles. The summed E-state index contributed by atoms with van der Waals surface area (Å²) in [6, 6.07) is 15.3. The van der Waals surface area contributed by atoms with Crippen molar-refractivity contribution < 1.29 is 9.59 Å². The Labute approximate surface area is 171 Å². The Morgan fingerprint density at radius 1 is 1.11 bits per heavy atom. The number of benzene rings is 2. The van der Waals surface area contributed by atoms with Crippen LogP contribution in [0.25, 0.3) is 0 Å². The van der Waals surface area contributed by atoms with E-state index in [4.69, 9.17) is 0 Å². The van der Waals surface area contributed by atoms with Gasteiger partial charge in [0.15, 0.2) is 0 Å². The van der Waals surface area contributed by atoms with E-state index in [9.17, 15) is 9.59 Å². The molecule has 0 spiro atoms. The van der Waals surface area contributed by atoms with Gasteiger partial charge >= 0.3 is 0 Å². The summed E-state index contributed by atoms with van der Waals surface area (Å²) in [5.41, 5.74) is 4.34. The molecule has 2 atom stereocenters. The molecule has 0 saturated carbocycles. The number of likely N-dealkylation sites (tertiary alicyclic amines) is 1. The highest BCUT2D eigenvalue weighted by atomic mass is 35.5. The van der Waals surface area contributed by atoms with E-state index in [1.807, 2.05) is 43.3 Å². The molecule has 2 aromatic rings. The first-order chi connectivity index (χ1) is 13.1. The van der Waals surface area contributed by atoms with Gasteiger partial charge in [-0.15, -0.1) is 12.4 Å². The molecule has 2 N–H and O–H groups in total. The van der Waals surface area contributed by atoms with Crippen molar-refractivity contribution in [2.75, 3.05) is 11.9 Å². The highest BCUT2D eigenvalue weighted by molar-refractivity contribution is 5.98. The maximum absolute atomic E-state index is 13.1. The van der Waals surface area contributed by atoms with Gasteiger partial charge in [-0.2, -0.15) is 0 Å². The SMILES string of the molecule is Cc1cccc(NC(=O)[C@@H]2CCCN2C(=O)[C@@H]2Cc3ccccc3CN2)c1.Cl. The molecule has 0 unspecified atom stereocenters. The zero-order chi connectivity index (χ0) is 18.8. The number of hydrogen-bond donors (Lipinski definition) is 2. The summed E-state index contributed by atoms with van der Waals surface area (Å²) in [5.74, 6) is -0.0611. The van der Waals surface area contributed by atoms with Gasteiger partial charge in [-0.3, -0.25) is 9.59 Å². The second-order valence-electron chi connectivity index (χ2n) is 7.45. The standard InChI is InChI=1S/C22H25N3O2.ClH/c1-15-6-4-9-18(12-15)24-21(26)20-10-5-11-25(20)22(27)19-13-16-7-2-3-8-17(16)14-23-19;/h2-4,6-9,12,19-20,23H,5,10-11,13-14H2,1H3,(H,24,26);1H/t19-,20-;/m0./s1. The van der Waals surface area contributed by atoms with Crippen LogP contribution >= 0.6 is 12.4 Å². The molecule has 6 heteroatoms. The zero-order valence-corrected chi connectivity index (χ0v) is 16.8. The van der Waals surface area contributed by atoms with Crippen molar-refractivity contribution in [2.45, 2.75) is 44.8 Å². The average Bonchev–Trinajstić information content (AvgIpc) is 3.17. The third kappa shape index (κ3) is 4.21. The second-order valence-corrected chi connectivity index (χ2v) is 7.45. The molecule has 2 heterocycles. The van der Waals surface area contributed by atoms with Crippen LogP contribution in [0.2, 0.25) is 0 Å². The summed E-state index contributed by atoms with van der Waals surface area (Å²) in [5, 5.41) is 6.32. The van der Waals surface area contributed by atoms with Crippen molar-refractivity contribution in [1.29, 1.82) is 0 Å². The number of halogens is 1. The van der Waals surface area contributed by atoms with Gasteiger partial charge in [-0.1, -0.05) is 36.4 Å². The van der Waals surface area contributed by atoms with Crippen molar-refractivity contribution >= 4 is 29.9 Å². The van der Waals surface area contributed by atoms with Crippen LogP contribution in [-0.4, -0.2) is 35.3 Å². The molecule has 1 fully saturated rings. The van der Waals surface area contributed by atoms with E-state index < -0.39 is 6.04 Å². The Bertz CT molecular complexity index is 870. The molecule has 0 bridgehead atoms. The van der Waals surface area contributed by atoms with Crippen LogP contribution in [0.1, 0.15) is 29.5 Å². The van der Waals surface area contributed by atoms with Gasteiger partial charge in [0.2, 0.25) is 11.8 Å². The third-order valence-electron chi connectivity index (χ3n) is 5.50. The van der Waals surface area contributed by atoms with Crippen molar-refractivity contribution in [3.05, 3.63) is 65.2 Å². The van der Waals surface area contributed by atoms with Crippen molar-refractivity contribution in [3.8, 4) is 0 Å². The summed E-state index contributed by atoms with van der Waals surface area (Å²) in [6.07, 6.45) is 2.26. The van der Waals surface area contributed by atoms with Gasteiger partial charge in [0.05, 0.1) is 6.04 Å². The Balaban J connectivity index is 0.00000225. The molecule has 2 aromatic carbocycles. The lowest BCUT2D eigenvalue weighted by Gasteiger charge is -2.31. The van der Waals surface area contributed by atoms with Gasteiger partial charge in [0, 0.05) is 18.8 Å². The molecule has 0 radical (unpaired) electrons. The molecule has 148 valence electrons. The number of rotatable bonds is 3. The van der Waals surface area contributed by atoms with Gasteiger partial charge in [0.1, 0.15) is 6.04 Å². The number of carbonyl (C=O) groups is 2. The highest BCUT2D eigenvalue weighted by Crippen LogP contribution is 2.23. The van der Waals surface area contributed by atoms with Crippen LogP contribution in [0.3, 0.4) is 0 Å². The molecule has 0 aromatic heterocycles. The van der Waals surface area contributed by atoms with Crippen LogP contribution in [-0.2, 0) is 22.6 Å². The Morgan fingerprint density at radius 2 is 1.89 bits per heavy atom. The van der Waals surface area contributed by atoms with Crippen molar-refractivity contribution in [1.82, 2.24) is 10.2 Å². The Morgan fingerprint density at radius 3 is 2.68 bits per heavy atom. The summed E-state index contributed by atoms with van der Waals surface area (Å²) >= 11 is 0. The van der Waals surface area contributed by atoms with Crippen LogP contribution in [0.15, 0.2) is 48.5 Å². The monoisotopic (exact) mass is 399 g/mol. The van der Waals surface area contributed by atoms with Gasteiger partial charge in [-0.25, -0.2) is 0 Å². The maximum atomic E-state index is 13.1. The molecule has 4 rings (SSSR count). The fourth-order valence-corrected chi connectivity index (χ4v) is 4.08. The predicted octanol–water partition coefficient (Wildman–Crippen LogP) is 3.06. The number of aryl methyl sites for hydroxylation is 1. The van der Waals surface area contributed by atoms with Gasteiger partial charge in [0.25, 0.3) is 0 Å². The van der Waals surface area contributed by atoms with E-state index >= 15 is 0 Å². The lowest BCUT2D eigenvalue weighted by Crippen LogP contribution is -2.53. The quantitative estimate of drug-likeness (QED) is 0.833. The summed E-state index contributed by atoms with van der Waals surface area (Å²) in [7, 11) is 0. The normalized spacial score (nSPS) is 20.8. The Hall–Kier alpha value is -2.37. The number of carbonyl (C=O) groups excluding carboxylic acids is 2. The van der Waals surface area contributed by atoms with Crippen molar-refractivity contribution in [3.63, 3.8) is 0 Å². The largest absolute Gasteiger partial charge is 0.329 e. The van der Waals surface area contributed by atoms with Crippen LogP contribution in [0.4, 0.5) is 5.69 Å². The fourth-order valence-electron chi connectivity index (χ4n) is 4.08. The topological polar surface area (TPSA) is 61.4 Å². The van der Waals surface area contributed by atoms with E-state index in [1.165, 1.54) is 11.1 Å². The van der Waals surface area contributed by atoms with E-state index in [0.29, 0.717) is 25.9 Å². The molecular weight excluding hydrogens is 374 g/mol. The molecule has 0 aliphatic carbocycles. The second kappa shape index (κ2) is 8.76. The third-order valence-corrected chi connectivity index (χ3v) is 5.50. The zero-order valence-electron chi connectivity index (χ0n) is 16.0. The number of hydrogen-bond acceptors (Lipinski definition) is 3. The first-order valence-electron chi connectivity index (χ1n) is 9.60. The molecule has 5 nitrogen and oxygen atoms in total. The highest BCUT2D eigenvalue weighted by Gasteiger charge is 2.38. The fraction of sp³-hybridized carbons (Fsp3) is 0.364. The molecular formula is C22H26ClN3O2. The number of fused-ring (bicyclic) bond motifs is 1. The average molecular weight is 400 g/mol. The molecule has 2 aliphatic rings. The lowest BCUT2D eigenvalue weighted by atomic mass is 9.95. The van der Waals surface area contributed by atoms with Gasteiger partial charge in [-0.05, 0) is 55.0 Å². The van der Waals surface area contributed by atoms with E-state index in [1.54, 1.807) is 4.90 Å². The smallest absolute Gasteiger partial charge is 0.247 e. The number of nitrogens with one attached hydrogen (secondary N) is 2. The summed E-state index contributed by atoms with van der Waals surface area (Å²) in [4.78, 5) is 27.7. The van der Waals surface area contributed by atoms with E-state index in [2.05, 4.69) is 22.8 Å². The van der Waals surface area contributed by atoms with Crippen LogP contribution < -0.4 is 10.6 Å². The first kappa shape index (κ1) is 20.4. The summed E-state index contributed by atoms with van der Waals surface area (Å²) in [6.45, 7) is 3.33. The maximum Gasteiger partial charge on any atom is 0.247 e. The molecule has 28 heavy (non-hydrogen) atoms. The number of amides is 2. The van der Waals surface area contributed by atoms with Crippen LogP contribution in [0, 0.1) is 6.92 Å². The minimum absolute atomic E-state index is 0. The minimum Gasteiger partial charge on any atom is -0.329 e. The predicted molar refractivity (Wildman–Crippen MR) is 113 cm³/mol. The van der Waals surface area contributed by atoms with Crippen LogP contribution in [0.5, 0.6) is 0 Å².